The van der Waals surface area contributed by atoms with Gasteiger partial charge in [-0.15, -0.1) is 0 Å². The van der Waals surface area contributed by atoms with Crippen molar-refractivity contribution in [2.75, 3.05) is 14.2 Å². The van der Waals surface area contributed by atoms with Gasteiger partial charge in [0.25, 0.3) is 0 Å². The maximum Gasteiger partial charge on any atom is 0.324 e. The summed E-state index contributed by atoms with van der Waals surface area (Å²) in [6.45, 7) is 5.59. The fraction of sp³-hybridized carbons (Fsp3) is 0.889. The van der Waals surface area contributed by atoms with Gasteiger partial charge >= 0.3 is 5.97 Å². The molecule has 84 valence electrons. The van der Waals surface area contributed by atoms with Crippen molar-refractivity contribution in [2.45, 2.75) is 39.0 Å². The fourth-order valence-electron chi connectivity index (χ4n) is 0.771. The molecular formula is C9H20N2O3. The van der Waals surface area contributed by atoms with E-state index in [1.54, 1.807) is 6.92 Å². The lowest BCUT2D eigenvalue weighted by molar-refractivity contribution is -0.149. The van der Waals surface area contributed by atoms with Gasteiger partial charge in [-0.1, -0.05) is 0 Å². The van der Waals surface area contributed by atoms with Gasteiger partial charge in [0.05, 0.1) is 13.2 Å². The number of hydroxylamine groups is 1. The van der Waals surface area contributed by atoms with Crippen molar-refractivity contribution in [1.82, 2.24) is 10.8 Å². The Morgan fingerprint density at radius 1 is 1.29 bits per heavy atom. The van der Waals surface area contributed by atoms with Crippen LogP contribution in [0.15, 0.2) is 0 Å². The van der Waals surface area contributed by atoms with Gasteiger partial charge in [-0.2, -0.15) is 5.48 Å². The van der Waals surface area contributed by atoms with E-state index in [4.69, 9.17) is 4.84 Å². The van der Waals surface area contributed by atoms with E-state index < -0.39 is 6.04 Å². The average Bonchev–Trinajstić information content (AvgIpc) is 2.22. The van der Waals surface area contributed by atoms with Crippen LogP contribution in [0.1, 0.15) is 20.8 Å². The average molecular weight is 204 g/mol. The van der Waals surface area contributed by atoms with Gasteiger partial charge in [0, 0.05) is 6.04 Å². The molecule has 2 N–H and O–H groups in total. The van der Waals surface area contributed by atoms with E-state index in [0.717, 1.165) is 0 Å². The summed E-state index contributed by atoms with van der Waals surface area (Å²) in [7, 11) is 3.20. The van der Waals surface area contributed by atoms with Crippen LogP contribution < -0.4 is 10.8 Å². The Morgan fingerprint density at radius 3 is 2.29 bits per heavy atom. The predicted octanol–water partition coefficient (Wildman–Crippen LogP) is 0.0655. The highest BCUT2D eigenvalue weighted by molar-refractivity contribution is 5.74. The molecule has 14 heavy (non-hydrogen) atoms. The number of rotatable bonds is 6. The van der Waals surface area contributed by atoms with E-state index in [9.17, 15) is 4.79 Å². The molecule has 3 atom stereocenters. The zero-order valence-corrected chi connectivity index (χ0v) is 9.46. The van der Waals surface area contributed by atoms with Crippen LogP contribution in [0.4, 0.5) is 0 Å². The summed E-state index contributed by atoms with van der Waals surface area (Å²) in [5.74, 6) is -0.339. The first-order valence-corrected chi connectivity index (χ1v) is 4.69. The molecule has 0 fully saturated rings. The van der Waals surface area contributed by atoms with Crippen LogP contribution in [0.5, 0.6) is 0 Å². The highest BCUT2D eigenvalue weighted by atomic mass is 16.7. The minimum Gasteiger partial charge on any atom is -0.468 e. The molecule has 5 nitrogen and oxygen atoms in total. The SMILES string of the molecule is CNC(C)C(C)ONC(C)C(=O)OC. The first kappa shape index (κ1) is 13.4. The van der Waals surface area contributed by atoms with Gasteiger partial charge in [0.2, 0.25) is 0 Å². The van der Waals surface area contributed by atoms with Crippen molar-refractivity contribution in [3.8, 4) is 0 Å². The molecule has 0 aliphatic carbocycles. The molecule has 0 radical (unpaired) electrons. The Kier molecular flexibility index (Phi) is 6.44. The Bertz CT molecular complexity index is 175. The minimum absolute atomic E-state index is 0.0212. The molecule has 0 spiro atoms. The van der Waals surface area contributed by atoms with Crippen LogP contribution in [0.3, 0.4) is 0 Å². The largest absolute Gasteiger partial charge is 0.468 e. The summed E-state index contributed by atoms with van der Waals surface area (Å²) >= 11 is 0. The fourth-order valence-corrected chi connectivity index (χ4v) is 0.771. The summed E-state index contributed by atoms with van der Waals surface area (Å²) in [4.78, 5) is 16.2. The smallest absolute Gasteiger partial charge is 0.324 e. The Hall–Kier alpha value is -0.650. The molecule has 3 unspecified atom stereocenters. The van der Waals surface area contributed by atoms with Gasteiger partial charge in [-0.25, -0.2) is 0 Å². The lowest BCUT2D eigenvalue weighted by atomic mass is 10.2. The summed E-state index contributed by atoms with van der Waals surface area (Å²) < 4.78 is 4.53. The number of hydrogen-bond donors (Lipinski definition) is 2. The zero-order chi connectivity index (χ0) is 11.1. The lowest BCUT2D eigenvalue weighted by Crippen LogP contribution is -2.43. The first-order valence-electron chi connectivity index (χ1n) is 4.69. The van der Waals surface area contributed by atoms with E-state index >= 15 is 0 Å². The second-order valence-electron chi connectivity index (χ2n) is 3.26. The molecular weight excluding hydrogens is 184 g/mol. The second-order valence-corrected chi connectivity index (χ2v) is 3.26. The van der Waals surface area contributed by atoms with E-state index in [0.29, 0.717) is 0 Å². The number of likely N-dealkylation sites (N-methyl/N-ethyl adjacent to an activating group) is 1. The topological polar surface area (TPSA) is 59.6 Å². The molecule has 0 heterocycles. The number of carbonyl (C=O) groups excluding carboxylic acids is 1. The van der Waals surface area contributed by atoms with Gasteiger partial charge in [-0.05, 0) is 27.8 Å². The molecule has 0 aliphatic heterocycles. The Morgan fingerprint density at radius 2 is 1.86 bits per heavy atom. The van der Waals surface area contributed by atoms with Gasteiger partial charge in [0.15, 0.2) is 0 Å². The first-order chi connectivity index (χ1) is 6.52. The summed E-state index contributed by atoms with van der Waals surface area (Å²) in [6, 6.07) is -0.237. The van der Waals surface area contributed by atoms with Gasteiger partial charge < -0.3 is 10.1 Å². The monoisotopic (exact) mass is 204 g/mol. The Labute approximate surface area is 85.1 Å². The minimum atomic E-state index is -0.452. The van der Waals surface area contributed by atoms with Crippen molar-refractivity contribution in [3.05, 3.63) is 0 Å². The Balaban J connectivity index is 3.76. The number of hydrogen-bond acceptors (Lipinski definition) is 5. The number of methoxy groups -OCH3 is 1. The quantitative estimate of drug-likeness (QED) is 0.473. The summed E-state index contributed by atoms with van der Waals surface area (Å²) in [6.07, 6.45) is -0.0212. The molecule has 0 amide bonds. The van der Waals surface area contributed by atoms with Crippen LogP contribution in [0, 0.1) is 0 Å². The van der Waals surface area contributed by atoms with Gasteiger partial charge in [0.1, 0.15) is 6.04 Å². The second kappa shape index (κ2) is 6.75. The normalized spacial score (nSPS) is 17.2. The number of carbonyl (C=O) groups is 1. The highest BCUT2D eigenvalue weighted by Crippen LogP contribution is 1.96. The standard InChI is InChI=1S/C9H20N2O3/c1-6(10-4)8(3)14-11-7(2)9(12)13-5/h6-8,10-11H,1-5H3. The maximum atomic E-state index is 11.0. The molecule has 0 saturated heterocycles. The van der Waals surface area contributed by atoms with Gasteiger partial charge in [-0.3, -0.25) is 9.63 Å². The van der Waals surface area contributed by atoms with Crippen molar-refractivity contribution >= 4 is 5.97 Å². The summed E-state index contributed by atoms with van der Waals surface area (Å²) in [5.41, 5.74) is 2.63. The number of nitrogens with one attached hydrogen (secondary N) is 2. The molecule has 0 saturated carbocycles. The molecule has 0 aliphatic rings. The molecule has 5 heteroatoms. The van der Waals surface area contributed by atoms with Crippen LogP contribution in [-0.2, 0) is 14.4 Å². The molecule has 0 rings (SSSR count). The highest BCUT2D eigenvalue weighted by Gasteiger charge is 2.16. The van der Waals surface area contributed by atoms with E-state index in [-0.39, 0.29) is 18.1 Å². The van der Waals surface area contributed by atoms with Crippen molar-refractivity contribution < 1.29 is 14.4 Å². The van der Waals surface area contributed by atoms with Crippen molar-refractivity contribution in [3.63, 3.8) is 0 Å². The van der Waals surface area contributed by atoms with E-state index in [1.807, 2.05) is 20.9 Å². The van der Waals surface area contributed by atoms with E-state index in [2.05, 4.69) is 15.5 Å². The third-order valence-electron chi connectivity index (χ3n) is 2.14. The molecule has 0 aromatic heterocycles. The third-order valence-corrected chi connectivity index (χ3v) is 2.14. The van der Waals surface area contributed by atoms with Crippen LogP contribution in [-0.4, -0.2) is 38.3 Å². The maximum absolute atomic E-state index is 11.0. The number of esters is 1. The van der Waals surface area contributed by atoms with Crippen LogP contribution in [0.2, 0.25) is 0 Å². The molecule has 0 bridgehead atoms. The van der Waals surface area contributed by atoms with E-state index in [1.165, 1.54) is 7.11 Å². The number of ether oxygens (including phenoxy) is 1. The predicted molar refractivity (Wildman–Crippen MR) is 53.7 cm³/mol. The zero-order valence-electron chi connectivity index (χ0n) is 9.46. The third kappa shape index (κ3) is 4.55. The summed E-state index contributed by atoms with van der Waals surface area (Å²) in [5, 5.41) is 3.05. The van der Waals surface area contributed by atoms with Crippen molar-refractivity contribution in [1.29, 1.82) is 0 Å². The molecule has 0 aromatic rings. The van der Waals surface area contributed by atoms with Crippen LogP contribution in [0.25, 0.3) is 0 Å². The van der Waals surface area contributed by atoms with Crippen LogP contribution >= 0.6 is 0 Å². The lowest BCUT2D eigenvalue weighted by Gasteiger charge is -2.21. The van der Waals surface area contributed by atoms with Crippen molar-refractivity contribution in [2.24, 2.45) is 0 Å². The molecule has 0 aromatic carbocycles.